The number of rotatable bonds is 4. The van der Waals surface area contributed by atoms with Crippen LogP contribution in [0.15, 0.2) is 27.6 Å². The lowest BCUT2D eigenvalue weighted by Gasteiger charge is -2.11. The minimum atomic E-state index is -0.469. The topological polar surface area (TPSA) is 63.5 Å². The van der Waals surface area contributed by atoms with Gasteiger partial charge in [0, 0.05) is 12.6 Å². The highest BCUT2D eigenvalue weighted by atomic mass is 79.9. The van der Waals surface area contributed by atoms with E-state index in [9.17, 15) is 14.9 Å². The fourth-order valence-electron chi connectivity index (χ4n) is 1.83. The molecule has 1 aliphatic heterocycles. The van der Waals surface area contributed by atoms with Crippen LogP contribution in [0.4, 0.5) is 5.69 Å². The summed E-state index contributed by atoms with van der Waals surface area (Å²) < 4.78 is 0.933. The zero-order valence-electron chi connectivity index (χ0n) is 11.0. The summed E-state index contributed by atoms with van der Waals surface area (Å²) in [4.78, 5) is 24.7. The molecule has 1 fully saturated rings. The third kappa shape index (κ3) is 3.50. The van der Waals surface area contributed by atoms with Crippen LogP contribution < -0.4 is 0 Å². The van der Waals surface area contributed by atoms with Crippen LogP contribution in [0.1, 0.15) is 18.9 Å². The minimum absolute atomic E-state index is 0.0345. The maximum absolute atomic E-state index is 12.2. The van der Waals surface area contributed by atoms with E-state index >= 15 is 0 Å². The molecule has 0 atom stereocenters. The van der Waals surface area contributed by atoms with Crippen LogP contribution in [0.5, 0.6) is 0 Å². The molecule has 2 rings (SSSR count). The Morgan fingerprint density at radius 3 is 2.86 bits per heavy atom. The molecule has 0 aromatic heterocycles. The Morgan fingerprint density at radius 1 is 1.52 bits per heavy atom. The molecule has 1 amide bonds. The third-order valence-electron chi connectivity index (χ3n) is 2.79. The summed E-state index contributed by atoms with van der Waals surface area (Å²) in [6.45, 7) is 2.56. The lowest BCUT2D eigenvalue weighted by molar-refractivity contribution is -0.385. The van der Waals surface area contributed by atoms with E-state index in [0.717, 1.165) is 6.42 Å². The lowest BCUT2D eigenvalue weighted by atomic mass is 10.2. The molecule has 1 heterocycles. The number of benzene rings is 1. The van der Waals surface area contributed by atoms with Gasteiger partial charge in [0.15, 0.2) is 0 Å². The quantitative estimate of drug-likeness (QED) is 0.339. The molecular formula is C13H11BrN2O3S2. The van der Waals surface area contributed by atoms with Crippen molar-refractivity contribution in [1.82, 2.24) is 4.90 Å². The molecule has 0 bridgehead atoms. The van der Waals surface area contributed by atoms with E-state index in [2.05, 4.69) is 15.9 Å². The molecule has 5 nitrogen and oxygen atoms in total. The van der Waals surface area contributed by atoms with Gasteiger partial charge in [-0.05, 0) is 40.1 Å². The summed E-state index contributed by atoms with van der Waals surface area (Å²) in [7, 11) is 0. The highest BCUT2D eigenvalue weighted by molar-refractivity contribution is 9.10. The van der Waals surface area contributed by atoms with Gasteiger partial charge in [-0.25, -0.2) is 0 Å². The van der Waals surface area contributed by atoms with Crippen molar-refractivity contribution in [2.75, 3.05) is 6.54 Å². The molecule has 0 saturated carbocycles. The van der Waals surface area contributed by atoms with Crippen molar-refractivity contribution in [1.29, 1.82) is 0 Å². The molecule has 0 radical (unpaired) electrons. The Kier molecular flexibility index (Phi) is 5.13. The maximum Gasteiger partial charge on any atom is 0.284 e. The van der Waals surface area contributed by atoms with Crippen molar-refractivity contribution < 1.29 is 9.72 Å². The number of hydrogen-bond acceptors (Lipinski definition) is 5. The van der Waals surface area contributed by atoms with E-state index in [1.807, 2.05) is 6.92 Å². The lowest BCUT2D eigenvalue weighted by Crippen LogP contribution is -2.28. The summed E-state index contributed by atoms with van der Waals surface area (Å²) in [6, 6.07) is 4.73. The SMILES string of the molecule is CCCN1C(=O)/C(=C\c2ccc(Br)c([N+](=O)[O-])c2)SC1=S. The largest absolute Gasteiger partial charge is 0.293 e. The number of nitrogens with zero attached hydrogens (tertiary/aromatic N) is 2. The van der Waals surface area contributed by atoms with Crippen molar-refractivity contribution in [2.45, 2.75) is 13.3 Å². The second kappa shape index (κ2) is 6.67. The van der Waals surface area contributed by atoms with Gasteiger partial charge in [0.1, 0.15) is 4.32 Å². The summed E-state index contributed by atoms with van der Waals surface area (Å²) in [5, 5.41) is 10.9. The van der Waals surface area contributed by atoms with Crippen LogP contribution in [0.2, 0.25) is 0 Å². The first-order valence-electron chi connectivity index (χ1n) is 6.13. The van der Waals surface area contributed by atoms with E-state index in [1.165, 1.54) is 17.8 Å². The van der Waals surface area contributed by atoms with Crippen LogP contribution in [0.3, 0.4) is 0 Å². The first kappa shape index (κ1) is 16.1. The fraction of sp³-hybridized carbons (Fsp3) is 0.231. The number of carbonyl (C=O) groups excluding carboxylic acids is 1. The van der Waals surface area contributed by atoms with Crippen LogP contribution in [-0.4, -0.2) is 26.6 Å². The van der Waals surface area contributed by atoms with E-state index in [4.69, 9.17) is 12.2 Å². The summed E-state index contributed by atoms with van der Waals surface area (Å²) in [6.07, 6.45) is 2.46. The van der Waals surface area contributed by atoms with E-state index in [1.54, 1.807) is 23.1 Å². The number of nitro benzene ring substituents is 1. The van der Waals surface area contributed by atoms with Crippen LogP contribution in [0, 0.1) is 10.1 Å². The highest BCUT2D eigenvalue weighted by Gasteiger charge is 2.31. The third-order valence-corrected chi connectivity index (χ3v) is 4.83. The molecule has 110 valence electrons. The summed E-state index contributed by atoms with van der Waals surface area (Å²) >= 11 is 9.53. The minimum Gasteiger partial charge on any atom is -0.293 e. The summed E-state index contributed by atoms with van der Waals surface area (Å²) in [5.41, 5.74) is 0.565. The Labute approximate surface area is 139 Å². The fourth-order valence-corrected chi connectivity index (χ4v) is 3.53. The number of thiocarbonyl (C=S) groups is 1. The number of amides is 1. The highest BCUT2D eigenvalue weighted by Crippen LogP contribution is 2.34. The predicted molar refractivity (Wildman–Crippen MR) is 91.0 cm³/mol. The van der Waals surface area contributed by atoms with Gasteiger partial charge in [0.25, 0.3) is 11.6 Å². The second-order valence-corrected chi connectivity index (χ2v) is 6.83. The first-order valence-corrected chi connectivity index (χ1v) is 8.15. The molecule has 0 N–H and O–H groups in total. The van der Waals surface area contributed by atoms with Gasteiger partial charge < -0.3 is 0 Å². The number of halogens is 1. The summed E-state index contributed by atoms with van der Waals surface area (Å²) in [5.74, 6) is -0.141. The normalized spacial score (nSPS) is 16.9. The van der Waals surface area contributed by atoms with E-state index in [-0.39, 0.29) is 11.6 Å². The van der Waals surface area contributed by atoms with E-state index < -0.39 is 4.92 Å². The predicted octanol–water partition coefficient (Wildman–Crippen LogP) is 3.97. The van der Waals surface area contributed by atoms with Gasteiger partial charge in [-0.15, -0.1) is 0 Å². The smallest absolute Gasteiger partial charge is 0.284 e. The standard InChI is InChI=1S/C13H11BrN2O3S2/c1-2-5-15-12(17)11(21-13(15)20)7-8-3-4-9(14)10(6-8)16(18)19/h3-4,6-7H,2,5H2,1H3/b11-7+. The average Bonchev–Trinajstić information content (AvgIpc) is 2.69. The monoisotopic (exact) mass is 386 g/mol. The van der Waals surface area contributed by atoms with Crippen molar-refractivity contribution in [3.63, 3.8) is 0 Å². The van der Waals surface area contributed by atoms with Gasteiger partial charge >= 0.3 is 0 Å². The molecule has 0 aliphatic carbocycles. The van der Waals surface area contributed by atoms with Crippen molar-refractivity contribution >= 4 is 61.9 Å². The van der Waals surface area contributed by atoms with Gasteiger partial charge in [0.05, 0.1) is 14.3 Å². The number of nitro groups is 1. The first-order chi connectivity index (χ1) is 9.93. The Bertz CT molecular complexity index is 661. The van der Waals surface area contributed by atoms with Gasteiger partial charge in [-0.2, -0.15) is 0 Å². The molecule has 1 saturated heterocycles. The van der Waals surface area contributed by atoms with E-state index in [0.29, 0.717) is 25.8 Å². The number of thioether (sulfide) groups is 1. The van der Waals surface area contributed by atoms with Crippen LogP contribution in [0.25, 0.3) is 6.08 Å². The van der Waals surface area contributed by atoms with Crippen molar-refractivity contribution in [3.8, 4) is 0 Å². The Hall–Kier alpha value is -1.25. The molecule has 21 heavy (non-hydrogen) atoms. The van der Waals surface area contributed by atoms with Gasteiger partial charge in [-0.3, -0.25) is 19.8 Å². The molecular weight excluding hydrogens is 376 g/mol. The molecule has 0 unspecified atom stereocenters. The van der Waals surface area contributed by atoms with Crippen molar-refractivity contribution in [2.24, 2.45) is 0 Å². The Balaban J connectivity index is 2.33. The van der Waals surface area contributed by atoms with Gasteiger partial charge in [-0.1, -0.05) is 37.0 Å². The second-order valence-electron chi connectivity index (χ2n) is 4.30. The number of hydrogen-bond donors (Lipinski definition) is 0. The zero-order valence-corrected chi connectivity index (χ0v) is 14.3. The van der Waals surface area contributed by atoms with Crippen molar-refractivity contribution in [3.05, 3.63) is 43.3 Å². The Morgan fingerprint density at radius 2 is 2.24 bits per heavy atom. The molecule has 1 aromatic carbocycles. The number of carbonyl (C=O) groups is 1. The van der Waals surface area contributed by atoms with Gasteiger partial charge in [0.2, 0.25) is 0 Å². The molecule has 0 spiro atoms. The molecule has 8 heteroatoms. The maximum atomic E-state index is 12.2. The molecule has 1 aliphatic rings. The van der Waals surface area contributed by atoms with Crippen LogP contribution >= 0.6 is 39.9 Å². The molecule has 1 aromatic rings. The average molecular weight is 387 g/mol. The van der Waals surface area contributed by atoms with Crippen LogP contribution in [-0.2, 0) is 4.79 Å². The zero-order chi connectivity index (χ0) is 15.6.